The lowest BCUT2D eigenvalue weighted by molar-refractivity contribution is -0.118. The molecule has 35 heavy (non-hydrogen) atoms. The van der Waals surface area contributed by atoms with Crippen LogP contribution in [0.5, 0.6) is 5.75 Å². The Kier molecular flexibility index (Phi) is 5.88. The van der Waals surface area contributed by atoms with Crippen LogP contribution in [-0.4, -0.2) is 45.5 Å². The lowest BCUT2D eigenvalue weighted by Crippen LogP contribution is -2.29. The highest BCUT2D eigenvalue weighted by atomic mass is 16.5. The first-order chi connectivity index (χ1) is 17.0. The molecule has 0 unspecified atom stereocenters. The number of ether oxygens (including phenoxy) is 1. The van der Waals surface area contributed by atoms with Crippen LogP contribution < -0.4 is 26.4 Å². The Morgan fingerprint density at radius 3 is 2.83 bits per heavy atom. The van der Waals surface area contributed by atoms with E-state index in [9.17, 15) is 14.4 Å². The fourth-order valence-electron chi connectivity index (χ4n) is 3.80. The van der Waals surface area contributed by atoms with E-state index >= 15 is 0 Å². The largest absolute Gasteiger partial charge is 0.482 e. The fraction of sp³-hybridized carbons (Fsp3) is 0.208. The first kappa shape index (κ1) is 22.1. The predicted molar refractivity (Wildman–Crippen MR) is 127 cm³/mol. The fourth-order valence-corrected chi connectivity index (χ4v) is 3.80. The molecular weight excluding hydrogens is 450 g/mol. The van der Waals surface area contributed by atoms with Gasteiger partial charge < -0.3 is 26.4 Å². The van der Waals surface area contributed by atoms with E-state index in [0.717, 1.165) is 29.7 Å². The highest BCUT2D eigenvalue weighted by Gasteiger charge is 2.19. The van der Waals surface area contributed by atoms with Crippen LogP contribution in [0.25, 0.3) is 5.65 Å². The summed E-state index contributed by atoms with van der Waals surface area (Å²) >= 11 is 0. The maximum atomic E-state index is 12.9. The van der Waals surface area contributed by atoms with E-state index in [2.05, 4.69) is 26.0 Å². The van der Waals surface area contributed by atoms with Crippen molar-refractivity contribution in [1.29, 1.82) is 0 Å². The van der Waals surface area contributed by atoms with E-state index in [1.165, 1.54) is 16.8 Å². The van der Waals surface area contributed by atoms with Crippen LogP contribution in [0.1, 0.15) is 39.4 Å². The van der Waals surface area contributed by atoms with Gasteiger partial charge in [0.2, 0.25) is 0 Å². The zero-order chi connectivity index (χ0) is 24.4. The van der Waals surface area contributed by atoms with Gasteiger partial charge in [0.05, 0.1) is 11.9 Å². The molecule has 0 radical (unpaired) electrons. The van der Waals surface area contributed by atoms with Gasteiger partial charge in [-0.1, -0.05) is 12.1 Å². The molecule has 0 fully saturated rings. The second-order valence-electron chi connectivity index (χ2n) is 8.15. The van der Waals surface area contributed by atoms with Crippen LogP contribution in [0.3, 0.4) is 0 Å². The number of carbonyl (C=O) groups is 3. The van der Waals surface area contributed by atoms with Gasteiger partial charge in [-0.3, -0.25) is 14.4 Å². The van der Waals surface area contributed by atoms with Crippen molar-refractivity contribution in [2.24, 2.45) is 5.73 Å². The third-order valence-corrected chi connectivity index (χ3v) is 5.70. The maximum Gasteiger partial charge on any atom is 0.270 e. The van der Waals surface area contributed by atoms with Crippen LogP contribution in [-0.2, 0) is 11.3 Å². The Morgan fingerprint density at radius 1 is 1.14 bits per heavy atom. The molecule has 0 atom stereocenters. The van der Waals surface area contributed by atoms with Crippen molar-refractivity contribution in [3.8, 4) is 5.75 Å². The van der Waals surface area contributed by atoms with Crippen molar-refractivity contribution < 1.29 is 19.1 Å². The van der Waals surface area contributed by atoms with Gasteiger partial charge in [0.15, 0.2) is 12.3 Å². The summed E-state index contributed by atoms with van der Waals surface area (Å²) in [6, 6.07) is 8.31. The lowest BCUT2D eigenvalue weighted by atomic mass is 10.00. The first-order valence-electron chi connectivity index (χ1n) is 11.1. The third-order valence-electron chi connectivity index (χ3n) is 5.70. The average Bonchev–Trinajstić information content (AvgIpc) is 3.34. The minimum Gasteiger partial charge on any atom is -0.482 e. The molecule has 1 aliphatic carbocycles. The molecule has 0 saturated heterocycles. The van der Waals surface area contributed by atoms with E-state index in [1.807, 2.05) is 12.2 Å². The second-order valence-corrected chi connectivity index (χ2v) is 8.15. The summed E-state index contributed by atoms with van der Waals surface area (Å²) in [5.41, 5.74) is 9.66. The minimum atomic E-state index is -0.445. The number of fused-ring (bicyclic) bond motifs is 2. The minimum absolute atomic E-state index is 0.0220. The normalized spacial score (nSPS) is 14.1. The summed E-state index contributed by atoms with van der Waals surface area (Å²) in [6.45, 7) is 0.628. The van der Waals surface area contributed by atoms with Gasteiger partial charge in [0.1, 0.15) is 17.1 Å². The third kappa shape index (κ3) is 4.69. The smallest absolute Gasteiger partial charge is 0.270 e. The van der Waals surface area contributed by atoms with Crippen LogP contribution in [0, 0.1) is 0 Å². The lowest BCUT2D eigenvalue weighted by Gasteiger charge is -2.18. The summed E-state index contributed by atoms with van der Waals surface area (Å²) in [5.74, 6) is -0.456. The van der Waals surface area contributed by atoms with Crippen molar-refractivity contribution in [2.75, 3.05) is 18.5 Å². The quantitative estimate of drug-likeness (QED) is 0.360. The molecule has 3 aromatic rings. The summed E-state index contributed by atoms with van der Waals surface area (Å²) in [6.07, 6.45) is 6.85. The number of nitrogens with two attached hydrogens (primary N) is 1. The first-order valence-corrected chi connectivity index (χ1v) is 11.1. The number of aromatic nitrogens is 3. The molecule has 3 heterocycles. The number of nitrogens with one attached hydrogen (secondary N) is 3. The topological polar surface area (TPSA) is 153 Å². The van der Waals surface area contributed by atoms with E-state index in [1.54, 1.807) is 24.3 Å². The van der Waals surface area contributed by atoms with E-state index in [0.29, 0.717) is 23.6 Å². The number of amides is 3. The molecule has 2 aromatic heterocycles. The van der Waals surface area contributed by atoms with Crippen molar-refractivity contribution >= 4 is 29.1 Å². The summed E-state index contributed by atoms with van der Waals surface area (Å²) in [5, 5.41) is 12.6. The molecular formula is C24H23N7O4. The second kappa shape index (κ2) is 9.29. The number of hydrogen-bond acceptors (Lipinski definition) is 7. The summed E-state index contributed by atoms with van der Waals surface area (Å²) in [4.78, 5) is 41.5. The van der Waals surface area contributed by atoms with Gasteiger partial charge >= 0.3 is 0 Å². The van der Waals surface area contributed by atoms with Crippen molar-refractivity contribution in [3.05, 3.63) is 76.9 Å². The van der Waals surface area contributed by atoms with Gasteiger partial charge in [-0.05, 0) is 42.2 Å². The highest BCUT2D eigenvalue weighted by molar-refractivity contribution is 5.98. The molecule has 0 saturated carbocycles. The van der Waals surface area contributed by atoms with Crippen molar-refractivity contribution in [3.63, 3.8) is 0 Å². The predicted octanol–water partition coefficient (Wildman–Crippen LogP) is 1.28. The number of hydrogen-bond donors (Lipinski definition) is 4. The number of allylic oxidation sites excluding steroid dienone is 3. The maximum absolute atomic E-state index is 12.9. The van der Waals surface area contributed by atoms with Gasteiger partial charge in [0.25, 0.3) is 17.7 Å². The van der Waals surface area contributed by atoms with Crippen molar-refractivity contribution in [1.82, 2.24) is 25.2 Å². The van der Waals surface area contributed by atoms with Gasteiger partial charge in [0, 0.05) is 30.9 Å². The summed E-state index contributed by atoms with van der Waals surface area (Å²) in [7, 11) is 0. The number of rotatable bonds is 8. The zero-order valence-corrected chi connectivity index (χ0v) is 18.7. The average molecular weight is 473 g/mol. The molecule has 2 aliphatic rings. The van der Waals surface area contributed by atoms with Crippen LogP contribution >= 0.6 is 0 Å². The Balaban J connectivity index is 1.25. The van der Waals surface area contributed by atoms with Crippen LogP contribution in [0.4, 0.5) is 5.69 Å². The SMILES string of the molecule is NC1=C(CCCNC(=O)c2cc(C(=O)NCc3ccc4c(c3)NC(=O)CO4)nc3ccnn23)C=C1. The molecule has 3 amide bonds. The molecule has 5 rings (SSSR count). The number of nitrogens with zero attached hydrogens (tertiary/aromatic N) is 3. The van der Waals surface area contributed by atoms with E-state index in [-0.39, 0.29) is 36.4 Å². The van der Waals surface area contributed by atoms with Gasteiger partial charge in [-0.2, -0.15) is 5.10 Å². The van der Waals surface area contributed by atoms with Crippen molar-refractivity contribution in [2.45, 2.75) is 19.4 Å². The molecule has 0 spiro atoms. The highest BCUT2D eigenvalue weighted by Crippen LogP contribution is 2.28. The molecule has 11 nitrogen and oxygen atoms in total. The zero-order valence-electron chi connectivity index (χ0n) is 18.7. The van der Waals surface area contributed by atoms with Crippen LogP contribution in [0.15, 0.2) is 60.0 Å². The standard InChI is InChI=1S/C24H23N7O4/c25-16-5-4-15(16)2-1-8-26-24(34)19-11-18(29-21-7-9-28-31(19)21)23(33)27-12-14-3-6-20-17(10-14)30-22(32)13-35-20/h3-7,9-11H,1-2,8,12-13,25H2,(H,26,34)(H,27,33)(H,30,32). The Morgan fingerprint density at radius 2 is 2.03 bits per heavy atom. The van der Waals surface area contributed by atoms with Gasteiger partial charge in [-0.15, -0.1) is 0 Å². The molecule has 1 aliphatic heterocycles. The summed E-state index contributed by atoms with van der Waals surface area (Å²) < 4.78 is 6.74. The number of anilines is 1. The number of benzene rings is 1. The molecule has 178 valence electrons. The molecule has 5 N–H and O–H groups in total. The van der Waals surface area contributed by atoms with E-state index in [4.69, 9.17) is 10.5 Å². The van der Waals surface area contributed by atoms with Crippen LogP contribution in [0.2, 0.25) is 0 Å². The number of carbonyl (C=O) groups excluding carboxylic acids is 3. The molecule has 1 aromatic carbocycles. The monoisotopic (exact) mass is 473 g/mol. The Hall–Kier alpha value is -4.67. The van der Waals surface area contributed by atoms with Gasteiger partial charge in [-0.25, -0.2) is 9.50 Å². The molecule has 11 heteroatoms. The Bertz CT molecular complexity index is 1410. The Labute approximate surface area is 200 Å². The molecule has 0 bridgehead atoms. The van der Waals surface area contributed by atoms with E-state index < -0.39 is 5.91 Å².